The highest BCUT2D eigenvalue weighted by Gasteiger charge is 2.33. The van der Waals surface area contributed by atoms with Crippen molar-refractivity contribution < 1.29 is 14.4 Å². The van der Waals surface area contributed by atoms with Gasteiger partial charge in [-0.15, -0.1) is 0 Å². The molecular formula is C23H18N2O3. The van der Waals surface area contributed by atoms with E-state index < -0.39 is 0 Å². The maximum absolute atomic E-state index is 13.3. The van der Waals surface area contributed by atoms with Crippen molar-refractivity contribution in [3.63, 3.8) is 0 Å². The Kier molecular flexibility index (Phi) is 4.49. The van der Waals surface area contributed by atoms with Crippen LogP contribution in [0.3, 0.4) is 0 Å². The Balaban J connectivity index is 1.72. The predicted molar refractivity (Wildman–Crippen MR) is 106 cm³/mol. The van der Waals surface area contributed by atoms with Gasteiger partial charge in [-0.25, -0.2) is 0 Å². The molecule has 5 heteroatoms. The molecule has 0 unspecified atom stereocenters. The summed E-state index contributed by atoms with van der Waals surface area (Å²) in [5.41, 5.74) is 2.72. The molecule has 0 radical (unpaired) electrons. The van der Waals surface area contributed by atoms with Crippen molar-refractivity contribution in [3.8, 4) is 0 Å². The summed E-state index contributed by atoms with van der Waals surface area (Å²) in [6.07, 6.45) is 0. The SMILES string of the molecule is CN1C(=O)c2ccc(C(=O)N(Cc3ccccc3)c3ccccc3)cc2C1=O. The molecule has 0 bridgehead atoms. The average molecular weight is 370 g/mol. The maximum atomic E-state index is 13.3. The van der Waals surface area contributed by atoms with Gasteiger partial charge in [-0.2, -0.15) is 0 Å². The fourth-order valence-corrected chi connectivity index (χ4v) is 3.30. The molecule has 3 aromatic carbocycles. The van der Waals surface area contributed by atoms with Gasteiger partial charge in [-0.05, 0) is 35.9 Å². The van der Waals surface area contributed by atoms with Gasteiger partial charge in [0.25, 0.3) is 17.7 Å². The van der Waals surface area contributed by atoms with Crippen LogP contribution in [0.15, 0.2) is 78.9 Å². The second-order valence-electron chi connectivity index (χ2n) is 6.64. The van der Waals surface area contributed by atoms with Crippen molar-refractivity contribution >= 4 is 23.4 Å². The number of carbonyl (C=O) groups excluding carboxylic acids is 3. The van der Waals surface area contributed by atoms with E-state index in [1.165, 1.54) is 13.1 Å². The Labute approximate surface area is 162 Å². The Bertz CT molecular complexity index is 1060. The highest BCUT2D eigenvalue weighted by molar-refractivity contribution is 6.22. The lowest BCUT2D eigenvalue weighted by molar-refractivity contribution is 0.0693. The van der Waals surface area contributed by atoms with Gasteiger partial charge in [0.1, 0.15) is 0 Å². The molecule has 0 atom stereocenters. The molecule has 28 heavy (non-hydrogen) atoms. The summed E-state index contributed by atoms with van der Waals surface area (Å²) in [6.45, 7) is 0.396. The number of rotatable bonds is 4. The van der Waals surface area contributed by atoms with E-state index in [1.54, 1.807) is 17.0 Å². The van der Waals surface area contributed by atoms with Crippen LogP contribution in [0.2, 0.25) is 0 Å². The summed E-state index contributed by atoms with van der Waals surface area (Å²) < 4.78 is 0. The standard InChI is InChI=1S/C23H18N2O3/c1-24-22(27)19-13-12-17(14-20(19)23(24)28)21(26)25(18-10-6-3-7-11-18)15-16-8-4-2-5-9-16/h2-14H,15H2,1H3. The molecule has 1 heterocycles. The van der Waals surface area contributed by atoms with Crippen LogP contribution in [0, 0.1) is 0 Å². The number of nitrogens with zero attached hydrogens (tertiary/aromatic N) is 2. The van der Waals surface area contributed by atoms with Crippen molar-refractivity contribution in [1.29, 1.82) is 0 Å². The van der Waals surface area contributed by atoms with Crippen LogP contribution in [0.5, 0.6) is 0 Å². The third kappa shape index (κ3) is 3.07. The first-order valence-corrected chi connectivity index (χ1v) is 8.93. The number of amides is 3. The summed E-state index contributed by atoms with van der Waals surface area (Å²) in [7, 11) is 1.44. The van der Waals surface area contributed by atoms with Gasteiger partial charge in [0.2, 0.25) is 0 Å². The van der Waals surface area contributed by atoms with Gasteiger partial charge < -0.3 is 4.90 Å². The lowest BCUT2D eigenvalue weighted by atomic mass is 10.0. The molecule has 0 fully saturated rings. The molecule has 5 nitrogen and oxygen atoms in total. The minimum Gasteiger partial charge on any atom is -0.304 e. The molecule has 0 aromatic heterocycles. The number of imide groups is 1. The fourth-order valence-electron chi connectivity index (χ4n) is 3.30. The van der Waals surface area contributed by atoms with E-state index in [9.17, 15) is 14.4 Å². The quantitative estimate of drug-likeness (QED) is 0.657. The molecule has 0 spiro atoms. The predicted octanol–water partition coefficient (Wildman–Crippen LogP) is 3.76. The zero-order chi connectivity index (χ0) is 19.7. The van der Waals surface area contributed by atoms with E-state index >= 15 is 0 Å². The van der Waals surface area contributed by atoms with E-state index in [2.05, 4.69) is 0 Å². The first kappa shape index (κ1) is 17.7. The Morgan fingerprint density at radius 1 is 0.821 bits per heavy atom. The Morgan fingerprint density at radius 3 is 2.11 bits per heavy atom. The fraction of sp³-hybridized carbons (Fsp3) is 0.0870. The highest BCUT2D eigenvalue weighted by atomic mass is 16.2. The molecule has 3 aromatic rings. The van der Waals surface area contributed by atoms with E-state index in [1.807, 2.05) is 60.7 Å². The van der Waals surface area contributed by atoms with Gasteiger partial charge >= 0.3 is 0 Å². The molecule has 1 aliphatic heterocycles. The summed E-state index contributed by atoms with van der Waals surface area (Å²) in [5.74, 6) is -0.958. The molecule has 138 valence electrons. The lowest BCUT2D eigenvalue weighted by Crippen LogP contribution is -2.30. The summed E-state index contributed by atoms with van der Waals surface area (Å²) in [5, 5.41) is 0. The molecule has 4 rings (SSSR count). The van der Waals surface area contributed by atoms with Crippen LogP contribution in [0.4, 0.5) is 5.69 Å². The summed E-state index contributed by atoms with van der Waals surface area (Å²) >= 11 is 0. The van der Waals surface area contributed by atoms with Crippen molar-refractivity contribution in [2.45, 2.75) is 6.54 Å². The molecule has 0 saturated heterocycles. The molecular weight excluding hydrogens is 352 g/mol. The average Bonchev–Trinajstić information content (AvgIpc) is 2.96. The molecule has 0 aliphatic carbocycles. The number of anilines is 1. The van der Waals surface area contributed by atoms with Crippen molar-refractivity contribution in [1.82, 2.24) is 4.90 Å². The van der Waals surface area contributed by atoms with E-state index in [0.29, 0.717) is 17.7 Å². The van der Waals surface area contributed by atoms with Crippen LogP contribution < -0.4 is 4.90 Å². The Morgan fingerprint density at radius 2 is 1.43 bits per heavy atom. The number of fused-ring (bicyclic) bond motifs is 1. The molecule has 1 aliphatic rings. The third-order valence-corrected chi connectivity index (χ3v) is 4.83. The monoisotopic (exact) mass is 370 g/mol. The zero-order valence-electron chi connectivity index (χ0n) is 15.3. The first-order chi connectivity index (χ1) is 13.6. The van der Waals surface area contributed by atoms with Crippen molar-refractivity contribution in [3.05, 3.63) is 101 Å². The van der Waals surface area contributed by atoms with E-state index in [4.69, 9.17) is 0 Å². The zero-order valence-corrected chi connectivity index (χ0v) is 15.3. The van der Waals surface area contributed by atoms with Crippen molar-refractivity contribution in [2.24, 2.45) is 0 Å². The minimum atomic E-state index is -0.385. The number of para-hydroxylation sites is 1. The van der Waals surface area contributed by atoms with Gasteiger partial charge in [0, 0.05) is 18.3 Å². The Hall–Kier alpha value is -3.73. The van der Waals surface area contributed by atoms with Crippen LogP contribution >= 0.6 is 0 Å². The second kappa shape index (κ2) is 7.12. The van der Waals surface area contributed by atoms with Crippen LogP contribution in [0.1, 0.15) is 36.6 Å². The normalized spacial score (nSPS) is 12.8. The van der Waals surface area contributed by atoms with Gasteiger partial charge in [0.15, 0.2) is 0 Å². The molecule has 3 amide bonds. The van der Waals surface area contributed by atoms with Gasteiger partial charge in [-0.3, -0.25) is 19.3 Å². The number of hydrogen-bond donors (Lipinski definition) is 0. The minimum absolute atomic E-state index is 0.229. The third-order valence-electron chi connectivity index (χ3n) is 4.83. The van der Waals surface area contributed by atoms with Crippen molar-refractivity contribution in [2.75, 3.05) is 11.9 Å². The van der Waals surface area contributed by atoms with Crippen LogP contribution in [-0.2, 0) is 6.54 Å². The number of hydrogen-bond acceptors (Lipinski definition) is 3. The number of benzene rings is 3. The smallest absolute Gasteiger partial charge is 0.261 e. The topological polar surface area (TPSA) is 57.7 Å². The van der Waals surface area contributed by atoms with E-state index in [0.717, 1.165) is 16.2 Å². The highest BCUT2D eigenvalue weighted by Crippen LogP contribution is 2.25. The van der Waals surface area contributed by atoms with Crippen LogP contribution in [-0.4, -0.2) is 29.7 Å². The maximum Gasteiger partial charge on any atom is 0.261 e. The van der Waals surface area contributed by atoms with Gasteiger partial charge in [0.05, 0.1) is 17.7 Å². The van der Waals surface area contributed by atoms with E-state index in [-0.39, 0.29) is 23.3 Å². The number of carbonyl (C=O) groups is 3. The summed E-state index contributed by atoms with van der Waals surface area (Å²) in [6, 6.07) is 23.8. The molecule has 0 N–H and O–H groups in total. The van der Waals surface area contributed by atoms with Gasteiger partial charge in [-0.1, -0.05) is 48.5 Å². The molecule has 0 saturated carbocycles. The van der Waals surface area contributed by atoms with Crippen LogP contribution in [0.25, 0.3) is 0 Å². The summed E-state index contributed by atoms with van der Waals surface area (Å²) in [4.78, 5) is 40.5. The second-order valence-corrected chi connectivity index (χ2v) is 6.64. The lowest BCUT2D eigenvalue weighted by Gasteiger charge is -2.23. The first-order valence-electron chi connectivity index (χ1n) is 8.93. The largest absolute Gasteiger partial charge is 0.304 e.